The monoisotopic (exact) mass is 332 g/mol. The molecule has 0 bridgehead atoms. The third-order valence-corrected chi connectivity index (χ3v) is 4.14. The quantitative estimate of drug-likeness (QED) is 0.842. The molecule has 0 fully saturated rings. The van der Waals surface area contributed by atoms with Crippen LogP contribution in [0, 0.1) is 27.7 Å². The van der Waals surface area contributed by atoms with Gasteiger partial charge in [0.1, 0.15) is 0 Å². The molecule has 2 rings (SSSR count). The molecule has 0 saturated carbocycles. The Labute approximate surface area is 129 Å². The average Bonchev–Trinajstić information content (AvgIpc) is 2.32. The molecule has 0 amide bonds. The normalized spacial score (nSPS) is 12.5. The first kappa shape index (κ1) is 15.3. The molecule has 0 aliphatic carbocycles. The van der Waals surface area contributed by atoms with E-state index in [-0.39, 0.29) is 0 Å². The summed E-state index contributed by atoms with van der Waals surface area (Å²) in [7, 11) is 0. The molecule has 0 aliphatic rings. The number of aliphatic hydroxyl groups excluding tert-OH is 1. The van der Waals surface area contributed by atoms with Gasteiger partial charge in [0.15, 0.2) is 0 Å². The number of aliphatic hydroxyl groups is 1. The summed E-state index contributed by atoms with van der Waals surface area (Å²) in [6.07, 6.45) is 0.194. The zero-order valence-electron chi connectivity index (χ0n) is 12.5. The molecule has 20 heavy (non-hydrogen) atoms. The summed E-state index contributed by atoms with van der Waals surface area (Å²) < 4.78 is 1.02. The fraction of sp³-hybridized carbons (Fsp3) is 0.333. The second-order valence-electron chi connectivity index (χ2n) is 5.66. The van der Waals surface area contributed by atoms with Crippen LogP contribution >= 0.6 is 15.9 Å². The van der Waals surface area contributed by atoms with Crippen LogP contribution < -0.4 is 0 Å². The van der Waals surface area contributed by atoms with Gasteiger partial charge in [-0.05, 0) is 67.6 Å². The Morgan fingerprint density at radius 3 is 2.00 bits per heavy atom. The molecule has 1 atom stereocenters. The van der Waals surface area contributed by atoms with Gasteiger partial charge in [0.05, 0.1) is 6.10 Å². The Morgan fingerprint density at radius 2 is 1.45 bits per heavy atom. The molecule has 0 aromatic heterocycles. The summed E-state index contributed by atoms with van der Waals surface area (Å²) in [4.78, 5) is 0. The first-order chi connectivity index (χ1) is 9.36. The number of rotatable bonds is 3. The highest BCUT2D eigenvalue weighted by Gasteiger charge is 2.13. The molecule has 1 unspecified atom stereocenters. The molecule has 0 aliphatic heterocycles. The molecule has 1 nitrogen and oxygen atoms in total. The van der Waals surface area contributed by atoms with Crippen LogP contribution in [0.5, 0.6) is 0 Å². The van der Waals surface area contributed by atoms with Crippen LogP contribution in [0.4, 0.5) is 0 Å². The molecular weight excluding hydrogens is 312 g/mol. The van der Waals surface area contributed by atoms with Gasteiger partial charge in [0.25, 0.3) is 0 Å². The number of hydrogen-bond acceptors (Lipinski definition) is 1. The van der Waals surface area contributed by atoms with Gasteiger partial charge in [-0.3, -0.25) is 0 Å². The Morgan fingerprint density at radius 1 is 0.900 bits per heavy atom. The Balaban J connectivity index is 2.30. The smallest absolute Gasteiger partial charge is 0.0831 e. The first-order valence-electron chi connectivity index (χ1n) is 6.88. The second kappa shape index (κ2) is 6.11. The van der Waals surface area contributed by atoms with Crippen LogP contribution in [0.15, 0.2) is 34.8 Å². The predicted octanol–water partition coefficient (Wildman–Crippen LogP) is 4.96. The number of halogens is 1. The summed E-state index contributed by atoms with van der Waals surface area (Å²) in [6.45, 7) is 8.39. The van der Waals surface area contributed by atoms with Gasteiger partial charge in [-0.1, -0.05) is 39.7 Å². The van der Waals surface area contributed by atoms with Gasteiger partial charge in [-0.2, -0.15) is 0 Å². The second-order valence-corrected chi connectivity index (χ2v) is 6.57. The highest BCUT2D eigenvalue weighted by molar-refractivity contribution is 9.10. The third kappa shape index (κ3) is 3.50. The highest BCUT2D eigenvalue weighted by Crippen LogP contribution is 2.26. The minimum absolute atomic E-state index is 0.466. The standard InChI is InChI=1S/C18H21BrO/c1-11-5-13(3)17(14(4)6-11)10-18(20)15-7-12(2)8-16(19)9-15/h5-9,18,20H,10H2,1-4H3. The van der Waals surface area contributed by atoms with E-state index in [9.17, 15) is 5.11 Å². The molecule has 0 spiro atoms. The number of aryl methyl sites for hydroxylation is 4. The Hall–Kier alpha value is -1.12. The van der Waals surface area contributed by atoms with Gasteiger partial charge >= 0.3 is 0 Å². The van der Waals surface area contributed by atoms with E-state index in [0.29, 0.717) is 6.42 Å². The molecule has 0 radical (unpaired) electrons. The topological polar surface area (TPSA) is 20.2 Å². The van der Waals surface area contributed by atoms with Crippen LogP contribution in [-0.2, 0) is 6.42 Å². The van der Waals surface area contributed by atoms with Gasteiger partial charge in [0, 0.05) is 10.9 Å². The zero-order valence-corrected chi connectivity index (χ0v) is 14.1. The van der Waals surface area contributed by atoms with E-state index in [2.05, 4.69) is 54.9 Å². The van der Waals surface area contributed by atoms with Gasteiger partial charge in [-0.15, -0.1) is 0 Å². The lowest BCUT2D eigenvalue weighted by atomic mass is 9.92. The van der Waals surface area contributed by atoms with Crippen LogP contribution in [0.25, 0.3) is 0 Å². The summed E-state index contributed by atoms with van der Waals surface area (Å²) in [5.74, 6) is 0. The Bertz CT molecular complexity index is 588. The lowest BCUT2D eigenvalue weighted by molar-refractivity contribution is 0.178. The maximum atomic E-state index is 10.5. The van der Waals surface area contributed by atoms with E-state index in [1.54, 1.807) is 0 Å². The first-order valence-corrected chi connectivity index (χ1v) is 7.68. The molecule has 1 N–H and O–H groups in total. The van der Waals surface area contributed by atoms with E-state index >= 15 is 0 Å². The van der Waals surface area contributed by atoms with Gasteiger partial charge in [0.2, 0.25) is 0 Å². The van der Waals surface area contributed by atoms with Gasteiger partial charge in [-0.25, -0.2) is 0 Å². The fourth-order valence-electron chi connectivity index (χ4n) is 2.80. The van der Waals surface area contributed by atoms with E-state index in [1.165, 1.54) is 22.3 Å². The van der Waals surface area contributed by atoms with Crippen molar-refractivity contribution in [2.45, 2.75) is 40.2 Å². The zero-order chi connectivity index (χ0) is 14.9. The minimum atomic E-state index is -0.466. The van der Waals surface area contributed by atoms with Crippen molar-refractivity contribution in [3.63, 3.8) is 0 Å². The minimum Gasteiger partial charge on any atom is -0.388 e. The van der Waals surface area contributed by atoms with Crippen molar-refractivity contribution in [1.29, 1.82) is 0 Å². The van der Waals surface area contributed by atoms with Crippen molar-refractivity contribution >= 4 is 15.9 Å². The summed E-state index contributed by atoms with van der Waals surface area (Å²) >= 11 is 3.49. The molecule has 2 heteroatoms. The molecule has 0 heterocycles. The Kier molecular flexibility index (Phi) is 4.66. The van der Waals surface area contributed by atoms with Crippen molar-refractivity contribution in [2.75, 3.05) is 0 Å². The highest BCUT2D eigenvalue weighted by atomic mass is 79.9. The van der Waals surface area contributed by atoms with Crippen LogP contribution in [0.3, 0.4) is 0 Å². The largest absolute Gasteiger partial charge is 0.388 e. The average molecular weight is 333 g/mol. The van der Waals surface area contributed by atoms with Crippen LogP contribution in [-0.4, -0.2) is 5.11 Å². The molecule has 2 aromatic rings. The lowest BCUT2D eigenvalue weighted by Crippen LogP contribution is -2.05. The summed E-state index contributed by atoms with van der Waals surface area (Å²) in [5.41, 5.74) is 7.17. The molecule has 106 valence electrons. The van der Waals surface area contributed by atoms with E-state index < -0.39 is 6.10 Å². The van der Waals surface area contributed by atoms with Crippen LogP contribution in [0.2, 0.25) is 0 Å². The summed E-state index contributed by atoms with van der Waals surface area (Å²) in [5, 5.41) is 10.5. The molecule has 2 aromatic carbocycles. The predicted molar refractivity (Wildman–Crippen MR) is 88.2 cm³/mol. The van der Waals surface area contributed by atoms with Crippen molar-refractivity contribution in [1.82, 2.24) is 0 Å². The van der Waals surface area contributed by atoms with Crippen molar-refractivity contribution < 1.29 is 5.11 Å². The van der Waals surface area contributed by atoms with Crippen LogP contribution in [0.1, 0.15) is 39.5 Å². The SMILES string of the molecule is Cc1cc(Br)cc(C(O)Cc2c(C)cc(C)cc2C)c1. The maximum Gasteiger partial charge on any atom is 0.0831 e. The molecule has 0 saturated heterocycles. The fourth-order valence-corrected chi connectivity index (χ4v) is 3.43. The number of hydrogen-bond donors (Lipinski definition) is 1. The van der Waals surface area contributed by atoms with E-state index in [1.807, 2.05) is 19.1 Å². The van der Waals surface area contributed by atoms with Crippen molar-refractivity contribution in [3.05, 3.63) is 68.2 Å². The summed E-state index contributed by atoms with van der Waals surface area (Å²) in [6, 6.07) is 10.5. The lowest BCUT2D eigenvalue weighted by Gasteiger charge is -2.17. The third-order valence-electron chi connectivity index (χ3n) is 3.69. The van der Waals surface area contributed by atoms with E-state index in [4.69, 9.17) is 0 Å². The van der Waals surface area contributed by atoms with E-state index in [0.717, 1.165) is 15.6 Å². The van der Waals surface area contributed by atoms with Gasteiger partial charge < -0.3 is 5.11 Å². The number of benzene rings is 2. The van der Waals surface area contributed by atoms with Crippen molar-refractivity contribution in [2.24, 2.45) is 0 Å². The van der Waals surface area contributed by atoms with Crippen molar-refractivity contribution in [3.8, 4) is 0 Å². The maximum absolute atomic E-state index is 10.5. The molecular formula is C18H21BrO.